The lowest BCUT2D eigenvalue weighted by Gasteiger charge is -2.32. The molecule has 10 nitrogen and oxygen atoms in total. The fourth-order valence-corrected chi connectivity index (χ4v) is 4.14. The maximum absolute atomic E-state index is 9.68. The van der Waals surface area contributed by atoms with Gasteiger partial charge in [0.2, 0.25) is 5.95 Å². The number of piperazine rings is 1. The van der Waals surface area contributed by atoms with Crippen LogP contribution in [0.3, 0.4) is 0 Å². The Hall–Kier alpha value is -3.81. The molecule has 5 rings (SSSR count). The third-order valence-electron chi connectivity index (χ3n) is 6.23. The van der Waals surface area contributed by atoms with Crippen molar-refractivity contribution in [3.8, 4) is 23.1 Å². The highest BCUT2D eigenvalue weighted by molar-refractivity contribution is 5.65. The van der Waals surface area contributed by atoms with E-state index < -0.39 is 0 Å². The van der Waals surface area contributed by atoms with Crippen molar-refractivity contribution in [2.24, 2.45) is 0 Å². The second-order valence-corrected chi connectivity index (χ2v) is 8.71. The first-order chi connectivity index (χ1) is 17.2. The standard InChI is InChI=1S/C25H28N8O2/c1-32-10-12-33(13-11-32)24-5-4-23(30-31-24)29-25-27-9-6-21(28-25)18-2-3-22(19(16-18)17-26)35-20-7-14-34-15-8-20/h2-6,9,16,20H,7-8,10-15H2,1H3,(H,27,28,29,30). The van der Waals surface area contributed by atoms with E-state index in [9.17, 15) is 5.26 Å². The first-order valence-corrected chi connectivity index (χ1v) is 11.8. The maximum atomic E-state index is 9.68. The van der Waals surface area contributed by atoms with E-state index in [1.165, 1.54) is 0 Å². The second-order valence-electron chi connectivity index (χ2n) is 8.71. The first kappa shape index (κ1) is 23.0. The lowest BCUT2D eigenvalue weighted by Crippen LogP contribution is -2.44. The van der Waals surface area contributed by atoms with Crippen molar-refractivity contribution in [2.45, 2.75) is 18.9 Å². The van der Waals surface area contributed by atoms with Gasteiger partial charge in [0, 0.05) is 50.8 Å². The third-order valence-corrected chi connectivity index (χ3v) is 6.23. The van der Waals surface area contributed by atoms with Gasteiger partial charge < -0.3 is 24.6 Å². The number of nitrogens with one attached hydrogen (secondary N) is 1. The molecule has 1 aromatic carbocycles. The van der Waals surface area contributed by atoms with Crippen LogP contribution in [0.25, 0.3) is 11.3 Å². The molecule has 2 aliphatic heterocycles. The zero-order valence-corrected chi connectivity index (χ0v) is 19.7. The van der Waals surface area contributed by atoms with Crippen LogP contribution in [0, 0.1) is 11.3 Å². The predicted octanol–water partition coefficient (Wildman–Crippen LogP) is 2.86. The monoisotopic (exact) mass is 472 g/mol. The molecule has 2 saturated heterocycles. The Kier molecular flexibility index (Phi) is 6.97. The molecule has 1 N–H and O–H groups in total. The minimum Gasteiger partial charge on any atom is -0.489 e. The van der Waals surface area contributed by atoms with Gasteiger partial charge in [0.05, 0.1) is 24.5 Å². The van der Waals surface area contributed by atoms with Crippen LogP contribution < -0.4 is 15.0 Å². The highest BCUT2D eigenvalue weighted by Gasteiger charge is 2.18. The number of rotatable bonds is 6. The summed E-state index contributed by atoms with van der Waals surface area (Å²) in [6.07, 6.45) is 3.40. The van der Waals surface area contributed by atoms with Gasteiger partial charge >= 0.3 is 0 Å². The molecule has 0 aliphatic carbocycles. The number of nitriles is 1. The van der Waals surface area contributed by atoms with Crippen LogP contribution in [0.2, 0.25) is 0 Å². The molecule has 180 valence electrons. The van der Waals surface area contributed by atoms with Gasteiger partial charge in [-0.25, -0.2) is 9.97 Å². The summed E-state index contributed by atoms with van der Waals surface area (Å²) in [6.45, 7) is 5.27. The lowest BCUT2D eigenvalue weighted by atomic mass is 10.1. The van der Waals surface area contributed by atoms with Crippen molar-refractivity contribution >= 4 is 17.6 Å². The summed E-state index contributed by atoms with van der Waals surface area (Å²) < 4.78 is 11.4. The molecule has 4 heterocycles. The third kappa shape index (κ3) is 5.65. The molecule has 35 heavy (non-hydrogen) atoms. The Morgan fingerprint density at radius 2 is 1.89 bits per heavy atom. The van der Waals surface area contributed by atoms with Crippen LogP contribution in [-0.4, -0.2) is 77.6 Å². The molecule has 0 radical (unpaired) electrons. The SMILES string of the molecule is CN1CCN(c2ccc(Nc3nccc(-c4ccc(OC5CCOCC5)c(C#N)c4)n3)nn2)CC1. The van der Waals surface area contributed by atoms with Gasteiger partial charge in [-0.15, -0.1) is 10.2 Å². The van der Waals surface area contributed by atoms with Gasteiger partial charge in [0.25, 0.3) is 0 Å². The zero-order valence-electron chi connectivity index (χ0n) is 19.7. The summed E-state index contributed by atoms with van der Waals surface area (Å²) in [7, 11) is 2.13. The van der Waals surface area contributed by atoms with Gasteiger partial charge in [-0.1, -0.05) is 0 Å². The topological polar surface area (TPSA) is 112 Å². The highest BCUT2D eigenvalue weighted by atomic mass is 16.5. The summed E-state index contributed by atoms with van der Waals surface area (Å²) in [5.41, 5.74) is 1.98. The molecule has 2 aromatic heterocycles. The number of aromatic nitrogens is 4. The average Bonchev–Trinajstić information content (AvgIpc) is 2.91. The molecule has 0 unspecified atom stereocenters. The quantitative estimate of drug-likeness (QED) is 0.575. The van der Waals surface area contributed by atoms with Gasteiger partial charge in [0.1, 0.15) is 17.9 Å². The fraction of sp³-hybridized carbons (Fsp3) is 0.400. The van der Waals surface area contributed by atoms with Gasteiger partial charge in [-0.05, 0) is 43.4 Å². The molecule has 0 bridgehead atoms. The van der Waals surface area contributed by atoms with Crippen molar-refractivity contribution in [3.05, 3.63) is 48.2 Å². The first-order valence-electron chi connectivity index (χ1n) is 11.8. The zero-order chi connectivity index (χ0) is 24.0. The van der Waals surface area contributed by atoms with Crippen LogP contribution in [0.5, 0.6) is 5.75 Å². The Morgan fingerprint density at radius 1 is 1.06 bits per heavy atom. The molecule has 0 atom stereocenters. The number of benzene rings is 1. The van der Waals surface area contributed by atoms with E-state index in [1.807, 2.05) is 30.3 Å². The number of anilines is 3. The largest absolute Gasteiger partial charge is 0.489 e. The minimum absolute atomic E-state index is 0.0697. The van der Waals surface area contributed by atoms with Gasteiger partial charge in [0.15, 0.2) is 11.6 Å². The number of nitrogens with zero attached hydrogens (tertiary/aromatic N) is 7. The fourth-order valence-electron chi connectivity index (χ4n) is 4.14. The van der Waals surface area contributed by atoms with Crippen molar-refractivity contribution in [1.82, 2.24) is 25.1 Å². The van der Waals surface area contributed by atoms with Crippen LogP contribution in [0.4, 0.5) is 17.6 Å². The van der Waals surface area contributed by atoms with E-state index in [0.717, 1.165) is 50.4 Å². The van der Waals surface area contributed by atoms with E-state index in [0.29, 0.717) is 42.0 Å². The van der Waals surface area contributed by atoms with E-state index in [2.05, 4.69) is 48.4 Å². The number of hydrogen-bond donors (Lipinski definition) is 1. The van der Waals surface area contributed by atoms with Crippen molar-refractivity contribution < 1.29 is 9.47 Å². The summed E-state index contributed by atoms with van der Waals surface area (Å²) in [5.74, 6) is 2.43. The molecule has 2 aliphatic rings. The van der Waals surface area contributed by atoms with Crippen molar-refractivity contribution in [1.29, 1.82) is 5.26 Å². The summed E-state index contributed by atoms with van der Waals surface area (Å²) in [5, 5.41) is 21.5. The highest BCUT2D eigenvalue weighted by Crippen LogP contribution is 2.28. The predicted molar refractivity (Wildman–Crippen MR) is 132 cm³/mol. The number of hydrogen-bond acceptors (Lipinski definition) is 10. The normalized spacial score (nSPS) is 17.1. The summed E-state index contributed by atoms with van der Waals surface area (Å²) in [6, 6.07) is 13.4. The van der Waals surface area contributed by atoms with Crippen LogP contribution in [0.15, 0.2) is 42.6 Å². The molecule has 3 aromatic rings. The van der Waals surface area contributed by atoms with E-state index in [-0.39, 0.29) is 6.10 Å². The second kappa shape index (κ2) is 10.6. The molecule has 0 saturated carbocycles. The number of likely N-dealkylation sites (N-methyl/N-ethyl adjacent to an activating group) is 1. The smallest absolute Gasteiger partial charge is 0.228 e. The molecule has 2 fully saturated rings. The lowest BCUT2D eigenvalue weighted by molar-refractivity contribution is 0.0254. The number of ether oxygens (including phenoxy) is 2. The van der Waals surface area contributed by atoms with E-state index in [4.69, 9.17) is 9.47 Å². The molecular formula is C25H28N8O2. The van der Waals surface area contributed by atoms with E-state index >= 15 is 0 Å². The van der Waals surface area contributed by atoms with Crippen LogP contribution in [-0.2, 0) is 4.74 Å². The molecule has 0 spiro atoms. The summed E-state index contributed by atoms with van der Waals surface area (Å²) >= 11 is 0. The average molecular weight is 473 g/mol. The van der Waals surface area contributed by atoms with Crippen LogP contribution >= 0.6 is 0 Å². The molecule has 0 amide bonds. The molecular weight excluding hydrogens is 444 g/mol. The van der Waals surface area contributed by atoms with Gasteiger partial charge in [-0.2, -0.15) is 5.26 Å². The minimum atomic E-state index is 0.0697. The Balaban J connectivity index is 1.27. The summed E-state index contributed by atoms with van der Waals surface area (Å²) in [4.78, 5) is 13.5. The van der Waals surface area contributed by atoms with E-state index in [1.54, 1.807) is 12.3 Å². The maximum Gasteiger partial charge on any atom is 0.228 e. The van der Waals surface area contributed by atoms with Crippen molar-refractivity contribution in [3.63, 3.8) is 0 Å². The Labute approximate surface area is 204 Å². The Bertz CT molecular complexity index is 1180. The van der Waals surface area contributed by atoms with Crippen LogP contribution in [0.1, 0.15) is 18.4 Å². The Morgan fingerprint density at radius 3 is 2.63 bits per heavy atom. The van der Waals surface area contributed by atoms with Gasteiger partial charge in [-0.3, -0.25) is 0 Å². The molecule has 10 heteroatoms. The van der Waals surface area contributed by atoms with Crippen molar-refractivity contribution in [2.75, 3.05) is 56.7 Å².